The highest BCUT2D eigenvalue weighted by Crippen LogP contribution is 2.39. The average Bonchev–Trinajstić information content (AvgIpc) is 3.17. The largest absolute Gasteiger partial charge is 0.493 e. The summed E-state index contributed by atoms with van der Waals surface area (Å²) in [6, 6.07) is 12.5. The monoisotopic (exact) mass is 356 g/mol. The van der Waals surface area contributed by atoms with Gasteiger partial charge in [-0.2, -0.15) is 0 Å². The van der Waals surface area contributed by atoms with Gasteiger partial charge in [-0.1, -0.05) is 12.1 Å². The lowest BCUT2D eigenvalue weighted by molar-refractivity contribution is 0.173. The number of benzene rings is 2. The van der Waals surface area contributed by atoms with Crippen molar-refractivity contribution in [1.29, 1.82) is 0 Å². The molecule has 1 fully saturated rings. The van der Waals surface area contributed by atoms with E-state index in [-0.39, 0.29) is 12.8 Å². The van der Waals surface area contributed by atoms with Gasteiger partial charge in [0, 0.05) is 26.2 Å². The molecular weight excluding hydrogens is 332 g/mol. The topological polar surface area (TPSA) is 52.2 Å². The minimum absolute atomic E-state index is 0.117. The van der Waals surface area contributed by atoms with Gasteiger partial charge in [-0.05, 0) is 35.4 Å². The zero-order valence-corrected chi connectivity index (χ0v) is 15.2. The molecule has 1 N–H and O–H groups in total. The predicted molar refractivity (Wildman–Crippen MR) is 98.4 cm³/mol. The van der Waals surface area contributed by atoms with E-state index in [1.165, 1.54) is 11.1 Å². The molecule has 2 aromatic carbocycles. The van der Waals surface area contributed by atoms with Crippen LogP contribution in [-0.4, -0.2) is 52.1 Å². The first kappa shape index (κ1) is 17.0. The van der Waals surface area contributed by atoms with Gasteiger partial charge in [0.15, 0.2) is 23.0 Å². The van der Waals surface area contributed by atoms with Crippen molar-refractivity contribution in [3.63, 3.8) is 0 Å². The van der Waals surface area contributed by atoms with Crippen LogP contribution >= 0.6 is 0 Å². The molecule has 2 aliphatic heterocycles. The van der Waals surface area contributed by atoms with Gasteiger partial charge in [-0.3, -0.25) is 4.90 Å². The molecule has 6 nitrogen and oxygen atoms in total. The Kier molecular flexibility index (Phi) is 4.86. The van der Waals surface area contributed by atoms with Crippen molar-refractivity contribution in [3.8, 4) is 23.0 Å². The lowest BCUT2D eigenvalue weighted by atomic mass is 9.95. The quantitative estimate of drug-likeness (QED) is 0.888. The summed E-state index contributed by atoms with van der Waals surface area (Å²) in [7, 11) is 3.32. The summed E-state index contributed by atoms with van der Waals surface area (Å²) >= 11 is 0. The summed E-state index contributed by atoms with van der Waals surface area (Å²) < 4.78 is 22.0. The SMILES string of the molecule is COc1ccc(C(c2ccc3c(c2)OCO3)N2CCNCC2)cc1OC. The van der Waals surface area contributed by atoms with E-state index in [2.05, 4.69) is 34.5 Å². The summed E-state index contributed by atoms with van der Waals surface area (Å²) in [4.78, 5) is 2.48. The van der Waals surface area contributed by atoms with Crippen molar-refractivity contribution in [2.24, 2.45) is 0 Å². The summed E-state index contributed by atoms with van der Waals surface area (Å²) in [6.45, 7) is 4.21. The van der Waals surface area contributed by atoms with Gasteiger partial charge >= 0.3 is 0 Å². The van der Waals surface area contributed by atoms with Crippen LogP contribution in [0.15, 0.2) is 36.4 Å². The summed E-state index contributed by atoms with van der Waals surface area (Å²) in [6.07, 6.45) is 0. The minimum Gasteiger partial charge on any atom is -0.493 e. The first-order valence-corrected chi connectivity index (χ1v) is 8.86. The Morgan fingerprint density at radius 3 is 2.35 bits per heavy atom. The van der Waals surface area contributed by atoms with Gasteiger partial charge in [-0.25, -0.2) is 0 Å². The standard InChI is InChI=1S/C20H24N2O4/c1-23-16-5-3-14(11-18(16)24-2)20(22-9-7-21-8-10-22)15-4-6-17-19(12-15)26-13-25-17/h3-6,11-12,20-21H,7-10,13H2,1-2H3. The van der Waals surface area contributed by atoms with Crippen LogP contribution in [0.3, 0.4) is 0 Å². The lowest BCUT2D eigenvalue weighted by Gasteiger charge is -2.35. The van der Waals surface area contributed by atoms with Crippen LogP contribution in [0, 0.1) is 0 Å². The fourth-order valence-electron chi connectivity index (χ4n) is 3.66. The van der Waals surface area contributed by atoms with Crippen LogP contribution in [0.5, 0.6) is 23.0 Å². The summed E-state index contributed by atoms with van der Waals surface area (Å²) in [5.74, 6) is 3.09. The Bertz CT molecular complexity index is 774. The number of piperazine rings is 1. The van der Waals surface area contributed by atoms with Crippen LogP contribution in [-0.2, 0) is 0 Å². The van der Waals surface area contributed by atoms with E-state index in [0.29, 0.717) is 0 Å². The smallest absolute Gasteiger partial charge is 0.231 e. The first-order chi connectivity index (χ1) is 12.8. The molecule has 0 aliphatic carbocycles. The third kappa shape index (κ3) is 3.18. The van der Waals surface area contributed by atoms with Crippen LogP contribution in [0.4, 0.5) is 0 Å². The first-order valence-electron chi connectivity index (χ1n) is 8.86. The van der Waals surface area contributed by atoms with E-state index < -0.39 is 0 Å². The molecule has 1 unspecified atom stereocenters. The van der Waals surface area contributed by atoms with Crippen LogP contribution in [0.1, 0.15) is 17.2 Å². The molecule has 0 amide bonds. The Morgan fingerprint density at radius 1 is 0.885 bits per heavy atom. The van der Waals surface area contributed by atoms with Crippen molar-refractivity contribution in [1.82, 2.24) is 10.2 Å². The second kappa shape index (κ2) is 7.43. The van der Waals surface area contributed by atoms with E-state index in [9.17, 15) is 0 Å². The van der Waals surface area contributed by atoms with Gasteiger partial charge in [0.2, 0.25) is 6.79 Å². The van der Waals surface area contributed by atoms with Crippen molar-refractivity contribution >= 4 is 0 Å². The lowest BCUT2D eigenvalue weighted by Crippen LogP contribution is -2.45. The normalized spacial score (nSPS) is 17.8. The Hall–Kier alpha value is -2.44. The number of fused-ring (bicyclic) bond motifs is 1. The highest BCUT2D eigenvalue weighted by Gasteiger charge is 2.27. The van der Waals surface area contributed by atoms with Crippen LogP contribution in [0.25, 0.3) is 0 Å². The van der Waals surface area contributed by atoms with Gasteiger partial charge in [0.25, 0.3) is 0 Å². The third-order valence-electron chi connectivity index (χ3n) is 4.95. The Balaban J connectivity index is 1.76. The Morgan fingerprint density at radius 2 is 1.58 bits per heavy atom. The molecular formula is C20H24N2O4. The number of hydrogen-bond acceptors (Lipinski definition) is 6. The van der Waals surface area contributed by atoms with Gasteiger partial charge in [0.05, 0.1) is 20.3 Å². The van der Waals surface area contributed by atoms with E-state index >= 15 is 0 Å². The maximum absolute atomic E-state index is 5.60. The van der Waals surface area contributed by atoms with Crippen molar-refractivity contribution in [2.45, 2.75) is 6.04 Å². The number of methoxy groups -OCH3 is 2. The van der Waals surface area contributed by atoms with Crippen molar-refractivity contribution in [2.75, 3.05) is 47.2 Å². The molecule has 2 aromatic rings. The average molecular weight is 356 g/mol. The highest BCUT2D eigenvalue weighted by molar-refractivity contribution is 5.50. The second-order valence-corrected chi connectivity index (χ2v) is 6.42. The highest BCUT2D eigenvalue weighted by atomic mass is 16.7. The van der Waals surface area contributed by atoms with Crippen molar-refractivity contribution in [3.05, 3.63) is 47.5 Å². The molecule has 138 valence electrons. The number of hydrogen-bond donors (Lipinski definition) is 1. The molecule has 0 radical (unpaired) electrons. The van der Waals surface area contributed by atoms with Crippen LogP contribution < -0.4 is 24.3 Å². The molecule has 0 bridgehead atoms. The van der Waals surface area contributed by atoms with Gasteiger partial charge in [0.1, 0.15) is 0 Å². The van der Waals surface area contributed by atoms with Gasteiger partial charge < -0.3 is 24.3 Å². The molecule has 0 aromatic heterocycles. The van der Waals surface area contributed by atoms with E-state index in [1.807, 2.05) is 12.1 Å². The Labute approximate surface area is 153 Å². The molecule has 2 aliphatic rings. The molecule has 1 atom stereocenters. The molecule has 1 saturated heterocycles. The zero-order chi connectivity index (χ0) is 17.9. The molecule has 26 heavy (non-hydrogen) atoms. The number of rotatable bonds is 5. The second-order valence-electron chi connectivity index (χ2n) is 6.42. The third-order valence-corrected chi connectivity index (χ3v) is 4.95. The maximum atomic E-state index is 5.60. The fourth-order valence-corrected chi connectivity index (χ4v) is 3.66. The minimum atomic E-state index is 0.117. The molecule has 2 heterocycles. The van der Waals surface area contributed by atoms with E-state index in [1.54, 1.807) is 14.2 Å². The zero-order valence-electron chi connectivity index (χ0n) is 15.2. The number of nitrogens with one attached hydrogen (secondary N) is 1. The van der Waals surface area contributed by atoms with Crippen LogP contribution in [0.2, 0.25) is 0 Å². The number of nitrogens with zero attached hydrogens (tertiary/aromatic N) is 1. The van der Waals surface area contributed by atoms with E-state index in [4.69, 9.17) is 18.9 Å². The molecule has 4 rings (SSSR count). The maximum Gasteiger partial charge on any atom is 0.231 e. The number of ether oxygens (including phenoxy) is 4. The fraction of sp³-hybridized carbons (Fsp3) is 0.400. The van der Waals surface area contributed by atoms with Gasteiger partial charge in [-0.15, -0.1) is 0 Å². The van der Waals surface area contributed by atoms with Crippen molar-refractivity contribution < 1.29 is 18.9 Å². The predicted octanol–water partition coefficient (Wildman–Crippen LogP) is 2.43. The van der Waals surface area contributed by atoms with E-state index in [0.717, 1.165) is 49.2 Å². The molecule has 6 heteroatoms. The summed E-state index contributed by atoms with van der Waals surface area (Å²) in [5, 5.41) is 3.42. The molecule has 0 spiro atoms. The molecule has 0 saturated carbocycles. The summed E-state index contributed by atoms with van der Waals surface area (Å²) in [5.41, 5.74) is 2.35.